The Morgan fingerprint density at radius 2 is 2.38 bits per heavy atom. The van der Waals surface area contributed by atoms with Crippen LogP contribution in [0.3, 0.4) is 0 Å². The molecule has 2 rings (SSSR count). The minimum Gasteiger partial charge on any atom is -0.133 e. The average Bonchev–Trinajstić information content (AvgIpc) is 2.15. The van der Waals surface area contributed by atoms with Crippen molar-refractivity contribution in [2.75, 3.05) is 0 Å². The number of rotatable bonds is 0. The smallest absolute Gasteiger partial charge is 0.133 e. The Morgan fingerprint density at radius 3 is 3.25 bits per heavy atom. The van der Waals surface area contributed by atoms with Gasteiger partial charge in [0.25, 0.3) is 0 Å². The first-order valence-electron chi connectivity index (χ1n) is 1.84. The monoisotopic (exact) mass is 162 g/mol. The second-order valence-electron chi connectivity index (χ2n) is 1.13. The van der Waals surface area contributed by atoms with Crippen LogP contribution in [0.25, 0.3) is 9.66 Å². The third kappa shape index (κ3) is 0.535. The second kappa shape index (κ2) is 1.64. The highest BCUT2D eigenvalue weighted by Gasteiger charge is 2.11. The van der Waals surface area contributed by atoms with Gasteiger partial charge in [-0.15, -0.1) is 8.75 Å². The molecule has 2 aromatic heterocycles. The summed E-state index contributed by atoms with van der Waals surface area (Å²) in [5.41, 5.74) is 0. The van der Waals surface area contributed by atoms with Crippen molar-refractivity contribution in [3.63, 3.8) is 0 Å². The number of hydrogen-bond donors (Lipinski definition) is 0. The zero-order valence-corrected chi connectivity index (χ0v) is 6.02. The van der Waals surface area contributed by atoms with Crippen LogP contribution in [0, 0.1) is 0 Å². The second-order valence-corrected chi connectivity index (χ2v) is 3.39. The van der Waals surface area contributed by atoms with E-state index in [2.05, 4.69) is 12.5 Å². The average molecular weight is 162 g/mol. The molecule has 0 unspecified atom stereocenters. The molecule has 2 heterocycles. The van der Waals surface area contributed by atoms with Crippen molar-refractivity contribution in [1.82, 2.24) is 12.5 Å². The van der Waals surface area contributed by atoms with Crippen molar-refractivity contribution in [1.29, 1.82) is 0 Å². The lowest BCUT2D eigenvalue weighted by Crippen LogP contribution is -1.44. The Balaban J connectivity index is 3.06. The molecule has 0 fully saturated rings. The highest BCUT2D eigenvalue weighted by Crippen LogP contribution is 2.18. The first-order valence-corrected chi connectivity index (χ1v) is 4.11. The van der Waals surface area contributed by atoms with Gasteiger partial charge in [-0.05, 0) is 0 Å². The van der Waals surface area contributed by atoms with Gasteiger partial charge in [-0.2, -0.15) is 0 Å². The lowest BCUT2D eigenvalue weighted by molar-refractivity contribution is 1.72. The molecule has 40 valence electrons. The van der Waals surface area contributed by atoms with Gasteiger partial charge in [-0.1, -0.05) is 0 Å². The van der Waals surface area contributed by atoms with Gasteiger partial charge in [-0.25, -0.2) is 0 Å². The van der Waals surface area contributed by atoms with E-state index in [0.29, 0.717) is 0 Å². The minimum absolute atomic E-state index is 0.958. The summed E-state index contributed by atoms with van der Waals surface area (Å²) in [6.45, 7) is 0. The van der Waals surface area contributed by atoms with E-state index in [1.807, 2.05) is 0 Å². The molecule has 0 aliphatic rings. The van der Waals surface area contributed by atoms with Gasteiger partial charge < -0.3 is 0 Å². The highest BCUT2D eigenvalue weighted by atomic mass is 32.2. The lowest BCUT2D eigenvalue weighted by Gasteiger charge is -1.42. The minimum atomic E-state index is 0.958. The van der Waals surface area contributed by atoms with Crippen molar-refractivity contribution < 1.29 is 0 Å². The molecule has 0 radical (unpaired) electrons. The van der Waals surface area contributed by atoms with Crippen LogP contribution in [0.1, 0.15) is 0 Å². The van der Waals surface area contributed by atoms with Crippen LogP contribution in [0.4, 0.5) is 0 Å². The van der Waals surface area contributed by atoms with E-state index in [9.17, 15) is 0 Å². The molecule has 0 atom stereocenters. The zero-order chi connectivity index (χ0) is 5.40. The third-order valence-corrected chi connectivity index (χ3v) is 3.08. The molecule has 0 spiro atoms. The Morgan fingerprint density at radius 1 is 1.38 bits per heavy atom. The fourth-order valence-corrected chi connectivity index (χ4v) is 2.50. The van der Waals surface area contributed by atoms with Crippen LogP contribution >= 0.6 is 34.8 Å². The first-order chi connectivity index (χ1) is 3.97. The van der Waals surface area contributed by atoms with Gasteiger partial charge >= 0.3 is 9.66 Å². The number of fused-ring (bicyclic) bond motifs is 1. The van der Waals surface area contributed by atoms with Gasteiger partial charge in [0, 0.05) is 0 Å². The van der Waals surface area contributed by atoms with Crippen molar-refractivity contribution in [3.8, 4) is 0 Å². The molecule has 0 saturated heterocycles. The Hall–Kier alpha value is -0.200. The first kappa shape index (κ1) is 4.66. The fraction of sp³-hybridized carbons (Fsp3) is 0. The quantitative estimate of drug-likeness (QED) is 0.551. The standard InChI is InChI=1S/C2N3S3/c3-1-2(4-8-3)7-5-6-1/q+1. The Labute approximate surface area is 57.3 Å². The molecule has 0 aliphatic carbocycles. The van der Waals surface area contributed by atoms with E-state index in [1.54, 1.807) is 0 Å². The predicted octanol–water partition coefficient (Wildman–Crippen LogP) is 1.49. The van der Waals surface area contributed by atoms with E-state index >= 15 is 0 Å². The number of nitrogens with zero attached hydrogens (tertiary/aromatic N) is 3. The summed E-state index contributed by atoms with van der Waals surface area (Å²) in [6.07, 6.45) is 0. The van der Waals surface area contributed by atoms with Gasteiger partial charge in [-0.3, -0.25) is 0 Å². The van der Waals surface area contributed by atoms with Crippen LogP contribution in [0.2, 0.25) is 0 Å². The van der Waals surface area contributed by atoms with E-state index in [1.165, 1.54) is 34.8 Å². The lowest BCUT2D eigenvalue weighted by atomic mass is 10.9. The van der Waals surface area contributed by atoms with Crippen LogP contribution in [-0.2, 0) is 0 Å². The number of aromatic nitrogens is 3. The topological polar surface area (TPSA) is 38.7 Å². The Bertz CT molecular complexity index is 234. The van der Waals surface area contributed by atoms with E-state index in [-0.39, 0.29) is 0 Å². The molecule has 2 aromatic rings. The van der Waals surface area contributed by atoms with Crippen molar-refractivity contribution in [3.05, 3.63) is 0 Å². The summed E-state index contributed by atoms with van der Waals surface area (Å²) in [6, 6.07) is 0. The molecule has 6 heteroatoms. The van der Waals surface area contributed by atoms with Gasteiger partial charge in [0.05, 0.1) is 15.5 Å². The van der Waals surface area contributed by atoms with Crippen LogP contribution in [-0.4, -0.2) is 12.5 Å². The summed E-state index contributed by atoms with van der Waals surface area (Å²) in [4.78, 5) is 1.92. The summed E-state index contributed by atoms with van der Waals surface area (Å²) in [5.74, 6) is 0. The van der Waals surface area contributed by atoms with Crippen LogP contribution in [0.15, 0.2) is 0 Å². The van der Waals surface area contributed by atoms with Crippen molar-refractivity contribution >= 4 is 44.5 Å². The largest absolute Gasteiger partial charge is 0.319 e. The fourth-order valence-electron chi connectivity index (χ4n) is 0.373. The molecular weight excluding hydrogens is 162 g/mol. The molecular formula is C2N3S3+. The SMILES string of the molecule is n1sc2nsnc2[s+]1. The molecule has 0 aliphatic heterocycles. The normalized spacial score (nSPS) is 10.5. The van der Waals surface area contributed by atoms with E-state index in [4.69, 9.17) is 0 Å². The zero-order valence-electron chi connectivity index (χ0n) is 3.57. The maximum atomic E-state index is 3.98. The maximum Gasteiger partial charge on any atom is 0.319 e. The summed E-state index contributed by atoms with van der Waals surface area (Å²) in [7, 11) is 0. The molecule has 3 nitrogen and oxygen atoms in total. The molecule has 0 bridgehead atoms. The van der Waals surface area contributed by atoms with Crippen molar-refractivity contribution in [2.24, 2.45) is 0 Å². The van der Waals surface area contributed by atoms with Crippen LogP contribution in [0.5, 0.6) is 0 Å². The van der Waals surface area contributed by atoms with Crippen LogP contribution < -0.4 is 0 Å². The molecule has 0 saturated carbocycles. The molecule has 0 amide bonds. The predicted molar refractivity (Wildman–Crippen MR) is 35.4 cm³/mol. The van der Waals surface area contributed by atoms with Gasteiger partial charge in [0.1, 0.15) is 0 Å². The van der Waals surface area contributed by atoms with E-state index in [0.717, 1.165) is 9.66 Å². The highest BCUT2D eigenvalue weighted by molar-refractivity contribution is 7.30. The number of hydrogen-bond acceptors (Lipinski definition) is 5. The Kier molecular flexibility index (Phi) is 0.956. The summed E-state index contributed by atoms with van der Waals surface area (Å²) in [5, 5.41) is 0. The van der Waals surface area contributed by atoms with E-state index < -0.39 is 0 Å². The third-order valence-electron chi connectivity index (χ3n) is 0.678. The summed E-state index contributed by atoms with van der Waals surface area (Å²) >= 11 is 4.04. The summed E-state index contributed by atoms with van der Waals surface area (Å²) < 4.78 is 11.9. The molecule has 0 N–H and O–H groups in total. The van der Waals surface area contributed by atoms with Gasteiger partial charge in [0.15, 0.2) is 0 Å². The molecule has 0 aromatic carbocycles. The molecule has 8 heavy (non-hydrogen) atoms. The maximum absolute atomic E-state index is 3.98. The van der Waals surface area contributed by atoms with Crippen molar-refractivity contribution in [2.45, 2.75) is 0 Å². The van der Waals surface area contributed by atoms with Gasteiger partial charge in [0.2, 0.25) is 23.1 Å².